The second-order valence-electron chi connectivity index (χ2n) is 3.82. The van der Waals surface area contributed by atoms with Crippen LogP contribution < -0.4 is 4.74 Å². The SMILES string of the molecule is CC(CO)COc1ccc(CO)cc1[N+](=O)[O-]. The Hall–Kier alpha value is -1.66. The fourth-order valence-electron chi connectivity index (χ4n) is 1.21. The molecule has 0 fully saturated rings. The molecule has 0 aliphatic heterocycles. The van der Waals surface area contributed by atoms with Crippen LogP contribution in [0.3, 0.4) is 0 Å². The maximum Gasteiger partial charge on any atom is 0.311 e. The Morgan fingerprint density at radius 3 is 2.71 bits per heavy atom. The van der Waals surface area contributed by atoms with E-state index in [1.807, 2.05) is 0 Å². The zero-order chi connectivity index (χ0) is 12.8. The van der Waals surface area contributed by atoms with Gasteiger partial charge < -0.3 is 14.9 Å². The molecule has 6 nitrogen and oxygen atoms in total. The third kappa shape index (κ3) is 3.69. The number of hydrogen-bond donors (Lipinski definition) is 2. The highest BCUT2D eigenvalue weighted by atomic mass is 16.6. The van der Waals surface area contributed by atoms with Crippen LogP contribution in [-0.4, -0.2) is 28.4 Å². The van der Waals surface area contributed by atoms with Crippen LogP contribution in [0.15, 0.2) is 18.2 Å². The molecule has 1 aromatic rings. The van der Waals surface area contributed by atoms with Gasteiger partial charge in [-0.3, -0.25) is 10.1 Å². The lowest BCUT2D eigenvalue weighted by Gasteiger charge is -2.11. The highest BCUT2D eigenvalue weighted by molar-refractivity contribution is 5.48. The minimum atomic E-state index is -0.557. The number of hydrogen-bond acceptors (Lipinski definition) is 5. The largest absolute Gasteiger partial charge is 0.486 e. The molecule has 6 heteroatoms. The molecule has 2 N–H and O–H groups in total. The number of nitro groups is 1. The van der Waals surface area contributed by atoms with Gasteiger partial charge in [-0.25, -0.2) is 0 Å². The normalized spacial score (nSPS) is 12.2. The third-order valence-corrected chi connectivity index (χ3v) is 2.24. The maximum atomic E-state index is 10.8. The Morgan fingerprint density at radius 1 is 1.47 bits per heavy atom. The summed E-state index contributed by atoms with van der Waals surface area (Å²) in [5.74, 6) is 0.0552. The summed E-state index contributed by atoms with van der Waals surface area (Å²) in [6.45, 7) is 1.68. The van der Waals surface area contributed by atoms with Crippen molar-refractivity contribution >= 4 is 5.69 Å². The lowest BCUT2D eigenvalue weighted by Crippen LogP contribution is -2.12. The zero-order valence-electron chi connectivity index (χ0n) is 9.50. The van der Waals surface area contributed by atoms with E-state index in [0.29, 0.717) is 5.56 Å². The van der Waals surface area contributed by atoms with Crippen LogP contribution in [0.4, 0.5) is 5.69 Å². The number of aliphatic hydroxyl groups excluding tert-OH is 2. The summed E-state index contributed by atoms with van der Waals surface area (Å²) >= 11 is 0. The molecule has 1 unspecified atom stereocenters. The standard InChI is InChI=1S/C11H15NO5/c1-8(5-13)7-17-11-3-2-9(6-14)4-10(11)12(15)16/h2-4,8,13-14H,5-7H2,1H3. The van der Waals surface area contributed by atoms with Crippen LogP contribution in [0.1, 0.15) is 12.5 Å². The molecular formula is C11H15NO5. The molecule has 0 aliphatic carbocycles. The predicted octanol–water partition coefficient (Wildman–Crippen LogP) is 1.09. The number of ether oxygens (including phenoxy) is 1. The molecule has 17 heavy (non-hydrogen) atoms. The van der Waals surface area contributed by atoms with Gasteiger partial charge in [-0.15, -0.1) is 0 Å². The van der Waals surface area contributed by atoms with Crippen molar-refractivity contribution in [3.05, 3.63) is 33.9 Å². The second-order valence-corrected chi connectivity index (χ2v) is 3.82. The molecule has 0 aromatic heterocycles. The molecule has 1 rings (SSSR count). The summed E-state index contributed by atoms with van der Waals surface area (Å²) in [5, 5.41) is 28.5. The van der Waals surface area contributed by atoms with Gasteiger partial charge in [-0.05, 0) is 11.6 Å². The molecule has 0 bridgehead atoms. The van der Waals surface area contributed by atoms with Gasteiger partial charge in [-0.1, -0.05) is 13.0 Å². The maximum absolute atomic E-state index is 10.8. The van der Waals surface area contributed by atoms with Crippen molar-refractivity contribution in [2.24, 2.45) is 5.92 Å². The first-order valence-corrected chi connectivity index (χ1v) is 5.20. The minimum Gasteiger partial charge on any atom is -0.486 e. The van der Waals surface area contributed by atoms with Crippen LogP contribution in [-0.2, 0) is 6.61 Å². The molecule has 0 spiro atoms. The summed E-state index contributed by atoms with van der Waals surface area (Å²) in [6, 6.07) is 4.29. The first kappa shape index (κ1) is 13.4. The van der Waals surface area contributed by atoms with Gasteiger partial charge in [-0.2, -0.15) is 0 Å². The van der Waals surface area contributed by atoms with Crippen molar-refractivity contribution in [2.45, 2.75) is 13.5 Å². The summed E-state index contributed by atoms with van der Waals surface area (Å²) in [7, 11) is 0. The summed E-state index contributed by atoms with van der Waals surface area (Å²) in [5.41, 5.74) is 0.279. The first-order chi connectivity index (χ1) is 8.08. The zero-order valence-corrected chi connectivity index (χ0v) is 9.50. The van der Waals surface area contributed by atoms with Gasteiger partial charge >= 0.3 is 5.69 Å². The van der Waals surface area contributed by atoms with Crippen molar-refractivity contribution in [2.75, 3.05) is 13.2 Å². The van der Waals surface area contributed by atoms with E-state index in [1.165, 1.54) is 12.1 Å². The lowest BCUT2D eigenvalue weighted by atomic mass is 10.2. The van der Waals surface area contributed by atoms with Gasteiger partial charge in [0.05, 0.1) is 18.1 Å². The van der Waals surface area contributed by atoms with Gasteiger partial charge in [0.25, 0.3) is 0 Å². The Labute approximate surface area is 98.6 Å². The van der Waals surface area contributed by atoms with Gasteiger partial charge in [0.15, 0.2) is 5.75 Å². The monoisotopic (exact) mass is 241 g/mol. The number of rotatable bonds is 6. The van der Waals surface area contributed by atoms with E-state index < -0.39 is 4.92 Å². The molecule has 94 valence electrons. The van der Waals surface area contributed by atoms with Crippen LogP contribution in [0.25, 0.3) is 0 Å². The Kier molecular flexibility index (Phi) is 4.86. The molecule has 0 saturated carbocycles. The number of nitro benzene ring substituents is 1. The van der Waals surface area contributed by atoms with E-state index in [9.17, 15) is 10.1 Å². The smallest absolute Gasteiger partial charge is 0.311 e. The average Bonchev–Trinajstić information content (AvgIpc) is 2.35. The van der Waals surface area contributed by atoms with Gasteiger partial charge in [0, 0.05) is 18.6 Å². The van der Waals surface area contributed by atoms with E-state index in [4.69, 9.17) is 14.9 Å². The summed E-state index contributed by atoms with van der Waals surface area (Å²) in [4.78, 5) is 10.2. The topological polar surface area (TPSA) is 92.8 Å². The van der Waals surface area contributed by atoms with Crippen molar-refractivity contribution < 1.29 is 19.9 Å². The Bertz CT molecular complexity index is 393. The van der Waals surface area contributed by atoms with Crippen molar-refractivity contribution in [3.63, 3.8) is 0 Å². The third-order valence-electron chi connectivity index (χ3n) is 2.24. The Balaban J connectivity index is 2.87. The molecule has 0 heterocycles. The van der Waals surface area contributed by atoms with Crippen molar-refractivity contribution in [1.29, 1.82) is 0 Å². The van der Waals surface area contributed by atoms with E-state index in [2.05, 4.69) is 0 Å². The highest BCUT2D eigenvalue weighted by Gasteiger charge is 2.16. The van der Waals surface area contributed by atoms with E-state index in [-0.39, 0.29) is 37.2 Å². The highest BCUT2D eigenvalue weighted by Crippen LogP contribution is 2.28. The average molecular weight is 241 g/mol. The van der Waals surface area contributed by atoms with Crippen molar-refractivity contribution in [1.82, 2.24) is 0 Å². The molecule has 0 amide bonds. The van der Waals surface area contributed by atoms with Crippen LogP contribution >= 0.6 is 0 Å². The van der Waals surface area contributed by atoms with E-state index in [1.54, 1.807) is 13.0 Å². The summed E-state index contributed by atoms with van der Waals surface area (Å²) in [6.07, 6.45) is 0. The molecular weight excluding hydrogens is 226 g/mol. The first-order valence-electron chi connectivity index (χ1n) is 5.20. The van der Waals surface area contributed by atoms with Crippen LogP contribution in [0, 0.1) is 16.0 Å². The van der Waals surface area contributed by atoms with E-state index in [0.717, 1.165) is 0 Å². The van der Waals surface area contributed by atoms with Gasteiger partial charge in [0.2, 0.25) is 0 Å². The lowest BCUT2D eigenvalue weighted by molar-refractivity contribution is -0.386. The van der Waals surface area contributed by atoms with Crippen molar-refractivity contribution in [3.8, 4) is 5.75 Å². The second kappa shape index (κ2) is 6.17. The van der Waals surface area contributed by atoms with E-state index >= 15 is 0 Å². The fraction of sp³-hybridized carbons (Fsp3) is 0.455. The van der Waals surface area contributed by atoms with Crippen LogP contribution in [0.2, 0.25) is 0 Å². The van der Waals surface area contributed by atoms with Gasteiger partial charge in [0.1, 0.15) is 0 Å². The summed E-state index contributed by atoms with van der Waals surface area (Å²) < 4.78 is 5.27. The number of aliphatic hydroxyl groups is 2. The molecule has 0 aliphatic rings. The predicted molar refractivity (Wildman–Crippen MR) is 60.8 cm³/mol. The molecule has 0 saturated heterocycles. The molecule has 0 radical (unpaired) electrons. The number of benzene rings is 1. The molecule has 1 atom stereocenters. The quantitative estimate of drug-likeness (QED) is 0.574. The number of nitrogens with zero attached hydrogens (tertiary/aromatic N) is 1. The van der Waals surface area contributed by atoms with Crippen LogP contribution in [0.5, 0.6) is 5.75 Å². The fourth-order valence-corrected chi connectivity index (χ4v) is 1.21. The minimum absolute atomic E-state index is 0.0392. The molecule has 1 aromatic carbocycles. The Morgan fingerprint density at radius 2 is 2.18 bits per heavy atom.